The molecule has 11 aliphatic rings. The summed E-state index contributed by atoms with van der Waals surface area (Å²) in [6.45, 7) is 4.70. The van der Waals surface area contributed by atoms with Crippen LogP contribution in [0.25, 0.3) is 11.1 Å². The smallest absolute Gasteiger partial charge is 0.248 e. The fraction of sp³-hybridized carbons (Fsp3) is 0.531. The highest BCUT2D eigenvalue weighted by atomic mass is 35.5. The molecule has 4 saturated carbocycles. The molecule has 15 bridgehead atoms. The number of unbranched alkanes of at least 4 members (excludes halogenated alkanes) is 5. The van der Waals surface area contributed by atoms with Gasteiger partial charge < -0.3 is 119 Å². The zero-order chi connectivity index (χ0) is 84.7. The van der Waals surface area contributed by atoms with Crippen LogP contribution in [-0.4, -0.2) is 190 Å². The molecule has 1 saturated heterocycles. The van der Waals surface area contributed by atoms with Crippen LogP contribution in [0.3, 0.4) is 0 Å². The maximum Gasteiger partial charge on any atom is 0.248 e. The second kappa shape index (κ2) is 36.2. The summed E-state index contributed by atoms with van der Waals surface area (Å²) in [5.74, 6) is -14.9. The molecular weight excluding hydrogens is 1600 g/mol. The average Bonchev–Trinajstić information content (AvgIpc) is 1.54. The molecule has 14 atom stereocenters. The number of nitrogens with one attached hydrogen (secondary N) is 10. The van der Waals surface area contributed by atoms with Crippen molar-refractivity contribution >= 4 is 80.5 Å². The molecule has 118 heavy (non-hydrogen) atoms. The number of rotatable bonds is 25. The maximum absolute atomic E-state index is 16.4. The Balaban J connectivity index is 0.984. The van der Waals surface area contributed by atoms with E-state index < -0.39 is 201 Å². The third-order valence-corrected chi connectivity index (χ3v) is 25.8. The molecule has 6 aliphatic heterocycles. The van der Waals surface area contributed by atoms with Crippen LogP contribution in [0.4, 0.5) is 0 Å². The number of sulfonamides is 1. The lowest BCUT2D eigenvalue weighted by Crippen LogP contribution is -2.60. The number of ether oxygens (including phenoxy) is 4. The van der Waals surface area contributed by atoms with Crippen molar-refractivity contribution in [3.8, 4) is 45.6 Å². The first kappa shape index (κ1) is 86.9. The van der Waals surface area contributed by atoms with Crippen LogP contribution in [0.2, 0.25) is 10.0 Å². The quantitative estimate of drug-likeness (QED) is 0.0294. The Kier molecular flexibility index (Phi) is 26.7. The van der Waals surface area contributed by atoms with Crippen LogP contribution >= 0.6 is 23.2 Å². The summed E-state index contributed by atoms with van der Waals surface area (Å²) in [5.41, 5.74) is 9.36. The molecular formula is C81H102Cl2N12O22S. The number of likely N-dealkylation sites (N-methyl/N-ethyl adjacent to an activating group) is 1. The fourth-order valence-corrected chi connectivity index (χ4v) is 19.6. The van der Waals surface area contributed by atoms with E-state index in [0.29, 0.717) is 18.3 Å². The van der Waals surface area contributed by atoms with E-state index in [2.05, 4.69) is 59.5 Å². The number of amides is 8. The zero-order valence-corrected chi connectivity index (χ0v) is 67.6. The van der Waals surface area contributed by atoms with Gasteiger partial charge in [-0.25, -0.2) is 13.1 Å². The minimum absolute atomic E-state index is 0.0412. The monoisotopic (exact) mass is 1700 g/mol. The van der Waals surface area contributed by atoms with Gasteiger partial charge in [-0.2, -0.15) is 0 Å². The van der Waals surface area contributed by atoms with E-state index >= 15 is 24.0 Å². The number of phenolic OH excluding ortho intramolecular Hbond substituents is 1. The first-order chi connectivity index (χ1) is 56.1. The highest BCUT2D eigenvalue weighted by Crippen LogP contribution is 2.56. The van der Waals surface area contributed by atoms with Gasteiger partial charge in [0.25, 0.3) is 0 Å². The first-order valence-electron chi connectivity index (χ1n) is 40.0. The summed E-state index contributed by atoms with van der Waals surface area (Å²) in [5, 5.41) is 121. The number of aromatic hydroxyl groups is 1. The number of phenols is 1. The summed E-state index contributed by atoms with van der Waals surface area (Å²) in [4.78, 5) is 122. The van der Waals surface area contributed by atoms with Crippen molar-refractivity contribution in [3.63, 3.8) is 0 Å². The second-order valence-electron chi connectivity index (χ2n) is 32.5. The molecule has 638 valence electrons. The van der Waals surface area contributed by atoms with E-state index in [1.165, 1.54) is 55.6 Å². The molecule has 0 radical (unpaired) electrons. The van der Waals surface area contributed by atoms with Gasteiger partial charge in [-0.05, 0) is 169 Å². The molecule has 5 aromatic rings. The lowest BCUT2D eigenvalue weighted by molar-refractivity contribution is -0.270. The van der Waals surface area contributed by atoms with Crippen molar-refractivity contribution in [2.45, 2.75) is 208 Å². The zero-order valence-electron chi connectivity index (χ0n) is 65.3. The number of hydrogen-bond acceptors (Lipinski definition) is 25. The summed E-state index contributed by atoms with van der Waals surface area (Å²) in [6.07, 6.45) is -4.93. The Morgan fingerprint density at radius 2 is 1.29 bits per heavy atom. The van der Waals surface area contributed by atoms with E-state index in [1.54, 1.807) is 0 Å². The van der Waals surface area contributed by atoms with E-state index in [0.717, 1.165) is 88.5 Å². The summed E-state index contributed by atoms with van der Waals surface area (Å²) < 4.78 is 54.5. The maximum atomic E-state index is 16.4. The summed E-state index contributed by atoms with van der Waals surface area (Å²) in [6, 6.07) is -0.0178. The molecule has 8 amide bonds. The second-order valence-corrected chi connectivity index (χ2v) is 35.2. The van der Waals surface area contributed by atoms with E-state index in [1.807, 2.05) is 13.8 Å². The molecule has 13 unspecified atom stereocenters. The number of nitrogens with two attached hydrogens (primary N) is 2. The number of aliphatic hydroxyl groups excluding tert-OH is 5. The van der Waals surface area contributed by atoms with Gasteiger partial charge in [0.1, 0.15) is 90.1 Å². The SMILES string of the molecule is CCCCCCCCS(=O)(=O)NCCNCc1c(O)cc2c3c1C(O)(O)c1ccc(cc1-3)C1NC(=O)C3NC(=O)C(CC(N)=O)NC(=O)C(NC(=O)C(CC(C)C)NC)C(O)c4ccc(c(Cl)c4)Oc4cc3cc(c4OC3OC(CN)C(O)C(O)C3O)Oc3ccc(cc3Cl)C(O)C(NC1=O)C(=O)N[C@@H]2C(=O)NC1C2CC3CC(C2)CC1C3. The third kappa shape index (κ3) is 18.4. The highest BCUT2D eigenvalue weighted by molar-refractivity contribution is 7.89. The number of carbonyl (C=O) groups is 8. The molecule has 22 N–H and O–H groups in total. The van der Waals surface area contributed by atoms with Crippen molar-refractivity contribution < 1.29 is 107 Å². The lowest BCUT2D eigenvalue weighted by atomic mass is 9.54. The molecule has 6 heterocycles. The van der Waals surface area contributed by atoms with Gasteiger partial charge in [0, 0.05) is 48.9 Å². The minimum Gasteiger partial charge on any atom is -0.508 e. The number of aliphatic hydroxyl groups is 7. The third-order valence-electron chi connectivity index (χ3n) is 23.7. The first-order valence-corrected chi connectivity index (χ1v) is 42.4. The van der Waals surface area contributed by atoms with Gasteiger partial charge in [-0.1, -0.05) is 100 Å². The van der Waals surface area contributed by atoms with Crippen molar-refractivity contribution in [2.24, 2.45) is 41.1 Å². The lowest BCUT2D eigenvalue weighted by Gasteiger charge is -2.54. The Labute approximate surface area is 690 Å². The number of carbonyl (C=O) groups excluding carboxylic acids is 8. The van der Waals surface area contributed by atoms with E-state index in [4.69, 9.17) is 53.6 Å². The number of fused-ring (bicyclic) bond motifs is 12. The molecule has 34 nitrogen and oxygen atoms in total. The Morgan fingerprint density at radius 1 is 0.678 bits per heavy atom. The Hall–Kier alpha value is -8.89. The van der Waals surface area contributed by atoms with E-state index in [9.17, 15) is 63.7 Å². The number of hydrogen-bond donors (Lipinski definition) is 20. The topological polar surface area (TPSA) is 542 Å². The van der Waals surface area contributed by atoms with Crippen molar-refractivity contribution in [2.75, 3.05) is 32.4 Å². The Morgan fingerprint density at radius 3 is 1.91 bits per heavy atom. The number of benzene rings is 5. The molecule has 5 aromatic carbocycles. The van der Waals surface area contributed by atoms with Crippen LogP contribution in [0.1, 0.15) is 179 Å². The van der Waals surface area contributed by atoms with Gasteiger partial charge >= 0.3 is 0 Å². The summed E-state index contributed by atoms with van der Waals surface area (Å²) in [7, 11) is -2.25. The normalized spacial score (nSPS) is 28.5. The molecule has 5 aliphatic carbocycles. The summed E-state index contributed by atoms with van der Waals surface area (Å²) >= 11 is 14.3. The van der Waals surface area contributed by atoms with Crippen LogP contribution in [0, 0.1) is 29.6 Å². The number of primary amides is 1. The van der Waals surface area contributed by atoms with Crippen LogP contribution in [-0.2, 0) is 65.4 Å². The molecule has 16 rings (SSSR count). The van der Waals surface area contributed by atoms with Gasteiger partial charge in [0.05, 0.1) is 28.3 Å². The van der Waals surface area contributed by atoms with Crippen molar-refractivity contribution in [1.29, 1.82) is 0 Å². The molecule has 37 heteroatoms. The van der Waals surface area contributed by atoms with Crippen molar-refractivity contribution in [1.82, 2.24) is 52.6 Å². The van der Waals surface area contributed by atoms with Gasteiger partial charge in [0.15, 0.2) is 11.5 Å². The highest BCUT2D eigenvalue weighted by Gasteiger charge is 2.53. The standard InChI is InChI=1S/C81H102Cl2N12O22S/c1-5-6-7-8-9-10-19-118(112,113)88-18-17-87-34-46-52(96)31-45-59-44-26-38(11-14-47(44)81(110,111)60(46)59)62-75(105)95-66(79(109)93-64(45)77(107)90-61-41-22-36-21-37(24-41)25-42(61)23-36)68(99)40-13-16-54(49(83)28-40)115-56-30-43-29-55(72(56)117-80-71(102)70(101)69(100)57(33-84)116-80)114-53-15-12-39(27-48(53)82)67(98)65(94-73(103)50(86-4)20-35(2)3)78(108)89-51(32-58(85)97)74(104)91-63(43)76(106)92-62/h11-16,26-31,35-37,41-42,50-51,57,61-71,80,86-88,96,98-102,110-111H,5-10,17-25,32-34,84H2,1-4H3,(H2,85,97)(H,89,108)(H,90,107)(H,91,104)(H,92,106)(H,93,109)(H,94,103)(H,95,105)/t36?,37?,41?,42?,50?,51?,57?,61?,62?,63?,64-,65?,66?,67?,68?,69?,70?,71?,80?/m0/s1. The predicted octanol–water partition coefficient (Wildman–Crippen LogP) is 2.15. The van der Waals surface area contributed by atoms with Crippen molar-refractivity contribution in [3.05, 3.63) is 127 Å². The fourth-order valence-electron chi connectivity index (χ4n) is 18.0. The van der Waals surface area contributed by atoms with Crippen LogP contribution < -0.4 is 78.3 Å². The van der Waals surface area contributed by atoms with Crippen LogP contribution in [0.5, 0.6) is 34.5 Å². The number of halogens is 2. The minimum atomic E-state index is -3.74. The van der Waals surface area contributed by atoms with E-state index in [-0.39, 0.29) is 116 Å². The van der Waals surface area contributed by atoms with Gasteiger partial charge in [0.2, 0.25) is 75.1 Å². The average molecular weight is 1700 g/mol. The molecule has 0 aromatic heterocycles. The van der Waals surface area contributed by atoms with Crippen LogP contribution in [0.15, 0.2) is 72.8 Å². The predicted molar refractivity (Wildman–Crippen MR) is 425 cm³/mol. The molecule has 5 fully saturated rings. The Bertz CT molecular complexity index is 4780. The molecule has 0 spiro atoms. The van der Waals surface area contributed by atoms with Gasteiger partial charge in [-0.15, -0.1) is 0 Å². The largest absolute Gasteiger partial charge is 0.508 e. The van der Waals surface area contributed by atoms with Gasteiger partial charge in [-0.3, -0.25) is 38.4 Å².